The Morgan fingerprint density at radius 3 is 2.11 bits per heavy atom. The lowest BCUT2D eigenvalue weighted by Crippen LogP contribution is -2.62. The third-order valence-corrected chi connectivity index (χ3v) is 7.20. The van der Waals surface area contributed by atoms with Crippen LogP contribution in [0, 0.1) is 5.41 Å². The van der Waals surface area contributed by atoms with Crippen LogP contribution in [0.5, 0.6) is 0 Å². The first-order chi connectivity index (χ1) is 21.3. The van der Waals surface area contributed by atoms with Crippen molar-refractivity contribution in [2.24, 2.45) is 5.41 Å². The number of hydrogen-bond acceptors (Lipinski definition) is 7. The second-order valence-corrected chi connectivity index (χ2v) is 13.0. The fourth-order valence-electron chi connectivity index (χ4n) is 4.66. The van der Waals surface area contributed by atoms with Gasteiger partial charge in [0.25, 0.3) is 0 Å². The molecule has 13 nitrogen and oxygen atoms in total. The molecule has 13 heteroatoms. The molecule has 5 amide bonds. The Kier molecular flexibility index (Phi) is 15.4. The molecule has 4 N–H and O–H groups in total. The van der Waals surface area contributed by atoms with Crippen molar-refractivity contribution in [1.82, 2.24) is 25.8 Å². The number of nitrogens with one attached hydrogen (secondary N) is 3. The van der Waals surface area contributed by atoms with Crippen molar-refractivity contribution in [2.75, 3.05) is 33.7 Å². The minimum absolute atomic E-state index is 0.0373. The summed E-state index contributed by atoms with van der Waals surface area (Å²) >= 11 is 0. The zero-order chi connectivity index (χ0) is 35.2. The van der Waals surface area contributed by atoms with Crippen molar-refractivity contribution in [3.05, 3.63) is 48.0 Å². The largest absolute Gasteiger partial charge is 0.481 e. The van der Waals surface area contributed by atoms with Gasteiger partial charge in [0.15, 0.2) is 0 Å². The van der Waals surface area contributed by atoms with E-state index in [9.17, 15) is 28.8 Å². The zero-order valence-electron chi connectivity index (χ0n) is 28.5. The Hall–Kier alpha value is -4.42. The number of carboxylic acids is 1. The zero-order valence-corrected chi connectivity index (χ0v) is 28.5. The summed E-state index contributed by atoms with van der Waals surface area (Å²) in [7, 11) is 3.04. The van der Waals surface area contributed by atoms with E-state index in [0.29, 0.717) is 0 Å². The third-order valence-electron chi connectivity index (χ3n) is 7.20. The molecule has 0 radical (unpaired) electrons. The van der Waals surface area contributed by atoms with E-state index in [1.165, 1.54) is 36.0 Å². The highest BCUT2D eigenvalue weighted by molar-refractivity contribution is 5.93. The van der Waals surface area contributed by atoms with Crippen molar-refractivity contribution in [1.29, 1.82) is 0 Å². The second-order valence-electron chi connectivity index (χ2n) is 13.0. The predicted molar refractivity (Wildman–Crippen MR) is 174 cm³/mol. The Morgan fingerprint density at radius 2 is 1.57 bits per heavy atom. The van der Waals surface area contributed by atoms with Crippen LogP contribution in [-0.4, -0.2) is 103 Å². The monoisotopic (exact) mass is 645 g/mol. The first-order valence-electron chi connectivity index (χ1n) is 15.3. The highest BCUT2D eigenvalue weighted by atomic mass is 16.6. The van der Waals surface area contributed by atoms with Gasteiger partial charge in [-0.05, 0) is 31.2 Å². The molecule has 1 aromatic rings. The van der Waals surface area contributed by atoms with Crippen LogP contribution in [-0.2, 0) is 34.1 Å². The summed E-state index contributed by atoms with van der Waals surface area (Å²) in [5.74, 6) is -2.91. The van der Waals surface area contributed by atoms with E-state index in [1.807, 2.05) is 65.0 Å². The van der Waals surface area contributed by atoms with Crippen molar-refractivity contribution in [2.45, 2.75) is 84.9 Å². The van der Waals surface area contributed by atoms with Gasteiger partial charge >= 0.3 is 12.1 Å². The lowest BCUT2D eigenvalue weighted by atomic mass is 9.76. The molecule has 2 unspecified atom stereocenters. The van der Waals surface area contributed by atoms with Gasteiger partial charge in [-0.2, -0.15) is 0 Å². The molecule has 1 aromatic carbocycles. The van der Waals surface area contributed by atoms with Gasteiger partial charge in [-0.25, -0.2) is 4.79 Å². The molecular formula is C33H51N5O8. The molecule has 0 bridgehead atoms. The van der Waals surface area contributed by atoms with Gasteiger partial charge in [0.05, 0.1) is 12.6 Å². The molecule has 256 valence electrons. The van der Waals surface area contributed by atoms with Gasteiger partial charge in [-0.3, -0.25) is 28.9 Å². The lowest BCUT2D eigenvalue weighted by molar-refractivity contribution is -0.140. The van der Waals surface area contributed by atoms with Crippen molar-refractivity contribution in [3.8, 4) is 0 Å². The molecule has 0 saturated heterocycles. The van der Waals surface area contributed by atoms with Crippen LogP contribution in [0.1, 0.15) is 66.9 Å². The lowest BCUT2D eigenvalue weighted by Gasteiger charge is -2.41. The number of nitrogens with zero attached hydrogens (tertiary/aromatic N) is 2. The third kappa shape index (κ3) is 12.9. The van der Waals surface area contributed by atoms with Gasteiger partial charge in [-0.15, -0.1) is 0 Å². The molecule has 0 saturated carbocycles. The molecule has 1 rings (SSSR count). The number of rotatable bonds is 16. The summed E-state index contributed by atoms with van der Waals surface area (Å²) in [4.78, 5) is 77.9. The first-order valence-corrected chi connectivity index (χ1v) is 15.3. The minimum atomic E-state index is -1.04. The quantitative estimate of drug-likeness (QED) is 0.157. The Balaban J connectivity index is 3.03. The smallest absolute Gasteiger partial charge is 0.410 e. The first kappa shape index (κ1) is 39.6. The number of carbonyl (C=O) groups is 6. The number of benzene rings is 1. The highest BCUT2D eigenvalue weighted by Crippen LogP contribution is 2.31. The Bertz CT molecular complexity index is 1240. The molecule has 0 heterocycles. The van der Waals surface area contributed by atoms with Gasteiger partial charge < -0.3 is 30.7 Å². The standard InChI is InChI=1S/C33H51N5O8/c1-22(2)46-31(45)38(9)28(33(6,7)23-15-11-10-12-16-23)29(43)36-27(32(3,4)5)30(44)37(8)20-14-17-24(39)35-21-25(40)34-19-13-18-26(41)42/h10-12,14-17,22,27-28H,13,18-21H2,1-9H3,(H,34,40)(H,35,39)(H,36,43)(H,41,42)/b17-14+. The molecule has 0 fully saturated rings. The average Bonchev–Trinajstić information content (AvgIpc) is 2.95. The summed E-state index contributed by atoms with van der Waals surface area (Å²) in [6, 6.07) is 7.28. The van der Waals surface area contributed by atoms with Gasteiger partial charge in [0.2, 0.25) is 23.6 Å². The van der Waals surface area contributed by atoms with E-state index in [1.54, 1.807) is 13.8 Å². The van der Waals surface area contributed by atoms with Crippen molar-refractivity contribution >= 4 is 35.7 Å². The van der Waals surface area contributed by atoms with Crippen LogP contribution < -0.4 is 16.0 Å². The van der Waals surface area contributed by atoms with E-state index in [-0.39, 0.29) is 32.5 Å². The van der Waals surface area contributed by atoms with Gasteiger partial charge in [-0.1, -0.05) is 71.0 Å². The van der Waals surface area contributed by atoms with Crippen LogP contribution in [0.15, 0.2) is 42.5 Å². The van der Waals surface area contributed by atoms with E-state index in [2.05, 4.69) is 16.0 Å². The molecule has 0 aliphatic rings. The fourth-order valence-corrected chi connectivity index (χ4v) is 4.66. The highest BCUT2D eigenvalue weighted by Gasteiger charge is 2.45. The normalized spacial score (nSPS) is 13.0. The van der Waals surface area contributed by atoms with E-state index in [4.69, 9.17) is 9.84 Å². The van der Waals surface area contributed by atoms with Crippen LogP contribution in [0.3, 0.4) is 0 Å². The maximum absolute atomic E-state index is 14.1. The summed E-state index contributed by atoms with van der Waals surface area (Å²) < 4.78 is 5.41. The number of ether oxygens (including phenoxy) is 1. The topological polar surface area (TPSA) is 174 Å². The minimum Gasteiger partial charge on any atom is -0.481 e. The number of aliphatic carboxylic acids is 1. The molecule has 2 atom stereocenters. The fraction of sp³-hybridized carbons (Fsp3) is 0.576. The maximum Gasteiger partial charge on any atom is 0.410 e. The molecule has 0 aliphatic carbocycles. The van der Waals surface area contributed by atoms with Crippen LogP contribution in [0.4, 0.5) is 4.79 Å². The van der Waals surface area contributed by atoms with Crippen molar-refractivity contribution in [3.63, 3.8) is 0 Å². The average molecular weight is 646 g/mol. The van der Waals surface area contributed by atoms with Crippen LogP contribution >= 0.6 is 0 Å². The number of amides is 5. The molecule has 0 aromatic heterocycles. The number of carboxylic acid groups (broad SMARTS) is 1. The molecular weight excluding hydrogens is 594 g/mol. The van der Waals surface area contributed by atoms with E-state index in [0.717, 1.165) is 5.56 Å². The SMILES string of the molecule is CC(C)OC(=O)N(C)C(C(=O)NC(C(=O)N(C)C/C=C/C(=O)NCC(=O)NCCCC(=O)O)C(C)(C)C)C(C)(C)c1ccccc1. The molecule has 0 spiro atoms. The van der Waals surface area contributed by atoms with Crippen molar-refractivity contribution < 1.29 is 38.6 Å². The van der Waals surface area contributed by atoms with E-state index >= 15 is 0 Å². The number of hydrogen-bond donors (Lipinski definition) is 4. The number of likely N-dealkylation sites (N-methyl/N-ethyl adjacent to an activating group) is 2. The Morgan fingerprint density at radius 1 is 0.957 bits per heavy atom. The van der Waals surface area contributed by atoms with Gasteiger partial charge in [0.1, 0.15) is 12.1 Å². The van der Waals surface area contributed by atoms with Crippen LogP contribution in [0.25, 0.3) is 0 Å². The summed E-state index contributed by atoms with van der Waals surface area (Å²) in [6.07, 6.45) is 1.78. The predicted octanol–water partition coefficient (Wildman–Crippen LogP) is 2.45. The Labute approximate surface area is 272 Å². The van der Waals surface area contributed by atoms with Gasteiger partial charge in [0, 0.05) is 45.1 Å². The summed E-state index contributed by atoms with van der Waals surface area (Å²) in [5.41, 5.74) is -0.786. The van der Waals surface area contributed by atoms with E-state index < -0.39 is 64.7 Å². The summed E-state index contributed by atoms with van der Waals surface area (Å²) in [6.45, 7) is 12.5. The summed E-state index contributed by atoms with van der Waals surface area (Å²) in [5, 5.41) is 16.5. The molecule has 0 aliphatic heterocycles. The maximum atomic E-state index is 14.1. The number of carbonyl (C=O) groups excluding carboxylic acids is 5. The second kappa shape index (κ2) is 17.9. The molecule has 46 heavy (non-hydrogen) atoms. The van der Waals surface area contributed by atoms with Crippen LogP contribution in [0.2, 0.25) is 0 Å².